The van der Waals surface area contributed by atoms with Crippen LogP contribution < -0.4 is 9.21 Å². The van der Waals surface area contributed by atoms with E-state index in [-0.39, 0.29) is 11.4 Å². The average molecular weight is 472 g/mol. The molecule has 0 bridgehead atoms. The first-order valence-corrected chi connectivity index (χ1v) is 14.2. The molecule has 1 atom stereocenters. The van der Waals surface area contributed by atoms with Gasteiger partial charge in [-0.2, -0.15) is 0 Å². The minimum absolute atomic E-state index is 0.0736. The molecule has 2 fully saturated rings. The Balaban J connectivity index is 1.55. The van der Waals surface area contributed by atoms with E-state index < -0.39 is 16.1 Å². The Labute approximate surface area is 199 Å². The van der Waals surface area contributed by atoms with Crippen LogP contribution in [0.5, 0.6) is 0 Å². The van der Waals surface area contributed by atoms with E-state index in [0.717, 1.165) is 0 Å². The molecule has 4 rings (SSSR count). The molecule has 2 aromatic carbocycles. The van der Waals surface area contributed by atoms with Crippen molar-refractivity contribution >= 4 is 15.7 Å². The van der Waals surface area contributed by atoms with Crippen molar-refractivity contribution in [2.45, 2.75) is 87.3 Å². The van der Waals surface area contributed by atoms with Crippen LogP contribution in [0.4, 0.5) is 5.69 Å². The first-order chi connectivity index (χ1) is 16.1. The quantitative estimate of drug-likeness (QED) is 0.585. The van der Waals surface area contributed by atoms with E-state index in [4.69, 9.17) is 0 Å². The van der Waals surface area contributed by atoms with E-state index in [0.29, 0.717) is 24.3 Å². The second kappa shape index (κ2) is 11.5. The van der Waals surface area contributed by atoms with E-state index in [2.05, 4.69) is 0 Å². The minimum atomic E-state index is -3.77. The van der Waals surface area contributed by atoms with E-state index in [1.165, 1.54) is 73.4 Å². The van der Waals surface area contributed by atoms with Gasteiger partial charge in [0.1, 0.15) is 12.6 Å². The number of hydrogen-bond acceptors (Lipinski definition) is 3. The number of hydrogen-bond donors (Lipinski definition) is 2. The van der Waals surface area contributed by atoms with Gasteiger partial charge in [0.2, 0.25) is 0 Å². The third kappa shape index (κ3) is 6.17. The van der Waals surface area contributed by atoms with Gasteiger partial charge in [0.25, 0.3) is 10.0 Å². The molecule has 2 aromatic rings. The number of quaternary nitrogens is 1. The highest BCUT2D eigenvalue weighted by atomic mass is 32.2. The molecule has 2 aliphatic carbocycles. The highest BCUT2D eigenvalue weighted by Gasteiger charge is 2.35. The van der Waals surface area contributed by atoms with Crippen molar-refractivity contribution in [3.63, 3.8) is 0 Å². The lowest BCUT2D eigenvalue weighted by atomic mass is 9.88. The molecule has 0 radical (unpaired) electrons. The van der Waals surface area contributed by atoms with Crippen LogP contribution in [-0.4, -0.2) is 44.8 Å². The molecule has 2 saturated carbocycles. The molecule has 0 aromatic heterocycles. The molecule has 0 spiro atoms. The summed E-state index contributed by atoms with van der Waals surface area (Å²) in [4.78, 5) is 1.77. The molecular weight excluding hydrogens is 432 g/mol. The number of aliphatic hydroxyl groups is 1. The van der Waals surface area contributed by atoms with Crippen molar-refractivity contribution in [1.29, 1.82) is 0 Å². The molecule has 1 unspecified atom stereocenters. The van der Waals surface area contributed by atoms with Gasteiger partial charge in [-0.1, -0.05) is 49.2 Å². The van der Waals surface area contributed by atoms with E-state index in [1.807, 2.05) is 24.3 Å². The first-order valence-electron chi connectivity index (χ1n) is 12.7. The molecule has 180 valence electrons. The maximum absolute atomic E-state index is 13.6. The summed E-state index contributed by atoms with van der Waals surface area (Å²) in [6.45, 7) is 0.688. The standard InChI is InChI=1S/C27H38N2O3S/c30-26(21-28(23-13-5-1-6-14-23)24-15-7-2-8-16-24)22-29(25-17-9-3-10-18-25)33(31,32)27-19-11-4-12-20-27/h3-4,9-12,17-20,23-24,26,30H,1-2,5-8,13-16,21-22H2/p+1. The number of aliphatic hydroxyl groups excluding tert-OH is 1. The van der Waals surface area contributed by atoms with Crippen LogP contribution in [0.1, 0.15) is 64.2 Å². The van der Waals surface area contributed by atoms with Gasteiger partial charge in [-0.25, -0.2) is 8.42 Å². The smallest absolute Gasteiger partial charge is 0.264 e. The number of para-hydroxylation sites is 1. The Morgan fingerprint density at radius 1 is 0.788 bits per heavy atom. The molecule has 0 saturated heterocycles. The van der Waals surface area contributed by atoms with Crippen molar-refractivity contribution in [3.8, 4) is 0 Å². The molecule has 33 heavy (non-hydrogen) atoms. The highest BCUT2D eigenvalue weighted by molar-refractivity contribution is 7.92. The van der Waals surface area contributed by atoms with Gasteiger partial charge in [0.05, 0.1) is 29.2 Å². The Kier molecular flexibility index (Phi) is 8.45. The Morgan fingerprint density at radius 3 is 1.79 bits per heavy atom. The third-order valence-electron chi connectivity index (χ3n) is 7.48. The van der Waals surface area contributed by atoms with Crippen LogP contribution >= 0.6 is 0 Å². The number of rotatable bonds is 9. The number of benzene rings is 2. The van der Waals surface area contributed by atoms with Crippen molar-refractivity contribution in [2.75, 3.05) is 17.4 Å². The van der Waals surface area contributed by atoms with Crippen LogP contribution in [0.25, 0.3) is 0 Å². The van der Waals surface area contributed by atoms with E-state index >= 15 is 0 Å². The van der Waals surface area contributed by atoms with Gasteiger partial charge in [-0.3, -0.25) is 4.31 Å². The number of nitrogens with zero attached hydrogens (tertiary/aromatic N) is 1. The van der Waals surface area contributed by atoms with E-state index in [1.54, 1.807) is 36.4 Å². The second-order valence-electron chi connectivity index (χ2n) is 9.79. The summed E-state index contributed by atoms with van der Waals surface area (Å²) < 4.78 is 28.5. The molecule has 2 N–H and O–H groups in total. The zero-order chi connectivity index (χ0) is 23.1. The molecule has 0 amide bonds. The minimum Gasteiger partial charge on any atom is -0.385 e. The maximum atomic E-state index is 13.6. The van der Waals surface area contributed by atoms with Crippen molar-refractivity contribution in [2.24, 2.45) is 0 Å². The molecule has 5 nitrogen and oxygen atoms in total. The largest absolute Gasteiger partial charge is 0.385 e. The van der Waals surface area contributed by atoms with Gasteiger partial charge < -0.3 is 10.0 Å². The lowest BCUT2D eigenvalue weighted by Gasteiger charge is -2.40. The summed E-state index contributed by atoms with van der Waals surface area (Å²) >= 11 is 0. The Hall–Kier alpha value is -1.89. The van der Waals surface area contributed by atoms with Crippen LogP contribution in [0.3, 0.4) is 0 Å². The third-order valence-corrected chi connectivity index (χ3v) is 9.29. The molecule has 0 heterocycles. The fraction of sp³-hybridized carbons (Fsp3) is 0.556. The van der Waals surface area contributed by atoms with E-state index in [9.17, 15) is 13.5 Å². The van der Waals surface area contributed by atoms with Crippen LogP contribution in [-0.2, 0) is 10.0 Å². The van der Waals surface area contributed by atoms with Crippen LogP contribution in [0.15, 0.2) is 65.6 Å². The van der Waals surface area contributed by atoms with Crippen molar-refractivity contribution in [1.82, 2.24) is 0 Å². The summed E-state index contributed by atoms with van der Waals surface area (Å²) in [5.74, 6) is 0. The maximum Gasteiger partial charge on any atom is 0.264 e. The monoisotopic (exact) mass is 471 g/mol. The predicted molar refractivity (Wildman–Crippen MR) is 133 cm³/mol. The van der Waals surface area contributed by atoms with Gasteiger partial charge in [0, 0.05) is 0 Å². The SMILES string of the molecule is O=S(=O)(c1ccccc1)N(CC(O)C[NH+](C1CCCCC1)C1CCCCC1)c1ccccc1. The number of anilines is 1. The average Bonchev–Trinajstić information content (AvgIpc) is 2.88. The fourth-order valence-electron chi connectivity index (χ4n) is 5.80. The Bertz CT molecular complexity index is 922. The zero-order valence-electron chi connectivity index (χ0n) is 19.6. The van der Waals surface area contributed by atoms with Gasteiger partial charge in [0.15, 0.2) is 0 Å². The van der Waals surface area contributed by atoms with Gasteiger partial charge in [-0.05, 0) is 75.6 Å². The van der Waals surface area contributed by atoms with Crippen molar-refractivity contribution < 1.29 is 18.4 Å². The number of sulfonamides is 1. The fourth-order valence-corrected chi connectivity index (χ4v) is 7.32. The summed E-state index contributed by atoms with van der Waals surface area (Å²) in [6, 6.07) is 18.9. The topological polar surface area (TPSA) is 62.0 Å². The van der Waals surface area contributed by atoms with Gasteiger partial charge in [-0.15, -0.1) is 0 Å². The number of nitrogens with one attached hydrogen (secondary N) is 1. The zero-order valence-corrected chi connectivity index (χ0v) is 20.4. The first kappa shape index (κ1) is 24.2. The van der Waals surface area contributed by atoms with Gasteiger partial charge >= 0.3 is 0 Å². The predicted octanol–water partition coefficient (Wildman–Crippen LogP) is 3.79. The summed E-state index contributed by atoms with van der Waals surface area (Å²) in [6.07, 6.45) is 11.9. The highest BCUT2D eigenvalue weighted by Crippen LogP contribution is 2.24. The summed E-state index contributed by atoms with van der Waals surface area (Å²) in [5.41, 5.74) is 0.595. The van der Waals surface area contributed by atoms with Crippen LogP contribution in [0, 0.1) is 0 Å². The summed E-state index contributed by atoms with van der Waals surface area (Å²) in [5, 5.41) is 11.3. The molecule has 6 heteroatoms. The lowest BCUT2D eigenvalue weighted by Crippen LogP contribution is -3.20. The lowest BCUT2D eigenvalue weighted by molar-refractivity contribution is -0.954. The summed E-state index contributed by atoms with van der Waals surface area (Å²) in [7, 11) is -3.77. The van der Waals surface area contributed by atoms with Crippen LogP contribution in [0.2, 0.25) is 0 Å². The normalized spacial score (nSPS) is 19.5. The molecule has 2 aliphatic rings. The Morgan fingerprint density at radius 2 is 1.27 bits per heavy atom. The van der Waals surface area contributed by atoms with Crippen molar-refractivity contribution in [3.05, 3.63) is 60.7 Å². The molecule has 0 aliphatic heterocycles. The molecular formula is C27H39N2O3S+. The second-order valence-corrected chi connectivity index (χ2v) is 11.6.